The minimum atomic E-state index is -3.98. The van der Waals surface area contributed by atoms with Crippen LogP contribution in [0.4, 0.5) is 4.79 Å². The molecule has 0 heterocycles. The third-order valence-electron chi connectivity index (χ3n) is 4.93. The third kappa shape index (κ3) is 7.15. The lowest BCUT2D eigenvalue weighted by molar-refractivity contribution is 0.0980. The maximum Gasteiger partial charge on any atom is 0.404 e. The van der Waals surface area contributed by atoms with E-state index in [-0.39, 0.29) is 36.1 Å². The van der Waals surface area contributed by atoms with Crippen LogP contribution in [0.5, 0.6) is 0 Å². The van der Waals surface area contributed by atoms with Gasteiger partial charge in [-0.25, -0.2) is 13.2 Å². The fraction of sp³-hybridized carbons (Fsp3) is 0.391. The normalized spacial score (nSPS) is 13.7. The van der Waals surface area contributed by atoms with Crippen molar-refractivity contribution in [2.45, 2.75) is 44.2 Å². The number of hydrogen-bond donors (Lipinski definition) is 3. The van der Waals surface area contributed by atoms with Gasteiger partial charge < -0.3 is 15.5 Å². The fourth-order valence-corrected chi connectivity index (χ4v) is 4.96. The number of Topliss-reactive ketones (excluding diaryl/α,β-unsaturated/α-hetero) is 1. The standard InChI is InChI=1S/C23H30N2O6S/c1-16(2)14-25(32(30,31)20-11-9-19(10-12-20)17(3)26)15-22(27)21(24-23(28)29)13-18-7-5-4-6-8-18/h4-12,16,21-22,24,27H,13-15H2,1-3H3,(H,28,29)/t21-,22+/m0/s1. The first kappa shape index (κ1) is 25.5. The zero-order valence-corrected chi connectivity index (χ0v) is 19.2. The molecule has 0 aliphatic rings. The van der Waals surface area contributed by atoms with Crippen LogP contribution in [0.3, 0.4) is 0 Å². The second-order valence-corrected chi connectivity index (χ2v) is 10.0. The summed E-state index contributed by atoms with van der Waals surface area (Å²) in [6, 6.07) is 13.8. The first-order chi connectivity index (χ1) is 15.0. The van der Waals surface area contributed by atoms with Crippen LogP contribution < -0.4 is 5.32 Å². The zero-order chi connectivity index (χ0) is 23.9. The highest BCUT2D eigenvalue weighted by Gasteiger charge is 2.31. The van der Waals surface area contributed by atoms with Gasteiger partial charge in [-0.3, -0.25) is 4.79 Å². The maximum atomic E-state index is 13.3. The first-order valence-corrected chi connectivity index (χ1v) is 11.8. The molecule has 0 spiro atoms. The third-order valence-corrected chi connectivity index (χ3v) is 6.78. The summed E-state index contributed by atoms with van der Waals surface area (Å²) in [5.74, 6) is -0.208. The first-order valence-electron chi connectivity index (χ1n) is 10.3. The van der Waals surface area contributed by atoms with Crippen molar-refractivity contribution in [3.63, 3.8) is 0 Å². The molecular formula is C23H30N2O6S. The van der Waals surface area contributed by atoms with Gasteiger partial charge in [0.25, 0.3) is 0 Å². The van der Waals surface area contributed by atoms with Gasteiger partial charge >= 0.3 is 6.09 Å². The van der Waals surface area contributed by atoms with Crippen molar-refractivity contribution in [2.24, 2.45) is 5.92 Å². The van der Waals surface area contributed by atoms with Crippen molar-refractivity contribution in [3.8, 4) is 0 Å². The van der Waals surface area contributed by atoms with Gasteiger partial charge in [0, 0.05) is 18.7 Å². The highest BCUT2D eigenvalue weighted by molar-refractivity contribution is 7.89. The van der Waals surface area contributed by atoms with E-state index < -0.39 is 28.3 Å². The molecule has 0 fully saturated rings. The van der Waals surface area contributed by atoms with Crippen LogP contribution in [0.2, 0.25) is 0 Å². The Balaban J connectivity index is 2.29. The predicted molar refractivity (Wildman–Crippen MR) is 121 cm³/mol. The number of aliphatic hydroxyl groups excluding tert-OH is 1. The topological polar surface area (TPSA) is 124 Å². The molecule has 1 amide bonds. The van der Waals surface area contributed by atoms with Crippen LogP contribution in [-0.2, 0) is 16.4 Å². The molecule has 0 unspecified atom stereocenters. The van der Waals surface area contributed by atoms with Gasteiger partial charge in [0.15, 0.2) is 5.78 Å². The van der Waals surface area contributed by atoms with Gasteiger partial charge in [0.05, 0.1) is 17.0 Å². The van der Waals surface area contributed by atoms with E-state index >= 15 is 0 Å². The van der Waals surface area contributed by atoms with Crippen molar-refractivity contribution in [1.29, 1.82) is 0 Å². The van der Waals surface area contributed by atoms with Gasteiger partial charge in [-0.2, -0.15) is 4.31 Å². The number of nitrogens with zero attached hydrogens (tertiary/aromatic N) is 1. The average Bonchev–Trinajstić information content (AvgIpc) is 2.73. The van der Waals surface area contributed by atoms with Crippen molar-refractivity contribution < 1.29 is 28.2 Å². The molecule has 2 aromatic carbocycles. The number of benzene rings is 2. The molecular weight excluding hydrogens is 432 g/mol. The van der Waals surface area contributed by atoms with Gasteiger partial charge in [0.1, 0.15) is 0 Å². The van der Waals surface area contributed by atoms with Crippen LogP contribution in [0.25, 0.3) is 0 Å². The smallest absolute Gasteiger partial charge is 0.404 e. The van der Waals surface area contributed by atoms with Crippen molar-refractivity contribution in [2.75, 3.05) is 13.1 Å². The van der Waals surface area contributed by atoms with E-state index in [0.717, 1.165) is 9.87 Å². The van der Waals surface area contributed by atoms with Crippen LogP contribution >= 0.6 is 0 Å². The molecule has 32 heavy (non-hydrogen) atoms. The Kier molecular flexibility index (Phi) is 8.94. The molecule has 0 radical (unpaired) electrons. The maximum absolute atomic E-state index is 13.3. The Hall–Kier alpha value is -2.75. The molecule has 3 N–H and O–H groups in total. The van der Waals surface area contributed by atoms with Gasteiger partial charge in [0.2, 0.25) is 10.0 Å². The van der Waals surface area contributed by atoms with E-state index in [9.17, 15) is 28.2 Å². The monoisotopic (exact) mass is 462 g/mol. The van der Waals surface area contributed by atoms with Crippen molar-refractivity contribution in [3.05, 3.63) is 65.7 Å². The van der Waals surface area contributed by atoms with Gasteiger partial charge in [-0.1, -0.05) is 56.3 Å². The number of sulfonamides is 1. The van der Waals surface area contributed by atoms with E-state index in [1.807, 2.05) is 32.0 Å². The molecule has 8 nitrogen and oxygen atoms in total. The van der Waals surface area contributed by atoms with Crippen LogP contribution in [0.1, 0.15) is 36.7 Å². The lowest BCUT2D eigenvalue weighted by Crippen LogP contribution is -2.50. The fourth-order valence-electron chi connectivity index (χ4n) is 3.33. The number of ketones is 1. The summed E-state index contributed by atoms with van der Waals surface area (Å²) in [4.78, 5) is 22.8. The number of carboxylic acid groups (broad SMARTS) is 1. The van der Waals surface area contributed by atoms with E-state index in [2.05, 4.69) is 5.32 Å². The minimum absolute atomic E-state index is 0.00107. The highest BCUT2D eigenvalue weighted by Crippen LogP contribution is 2.20. The lowest BCUT2D eigenvalue weighted by atomic mass is 10.0. The Bertz CT molecular complexity index is 1010. The zero-order valence-electron chi connectivity index (χ0n) is 18.4. The van der Waals surface area contributed by atoms with Crippen LogP contribution in [-0.4, -0.2) is 60.0 Å². The molecule has 174 valence electrons. The highest BCUT2D eigenvalue weighted by atomic mass is 32.2. The number of hydrogen-bond acceptors (Lipinski definition) is 5. The molecule has 0 aliphatic heterocycles. The second kappa shape index (κ2) is 11.2. The average molecular weight is 463 g/mol. The Morgan fingerprint density at radius 1 is 1.00 bits per heavy atom. The number of aliphatic hydroxyl groups is 1. The quantitative estimate of drug-likeness (QED) is 0.441. The minimum Gasteiger partial charge on any atom is -0.465 e. The van der Waals surface area contributed by atoms with E-state index in [1.165, 1.54) is 31.2 Å². The predicted octanol–water partition coefficient (Wildman–Crippen LogP) is 2.78. The summed E-state index contributed by atoms with van der Waals surface area (Å²) >= 11 is 0. The second-order valence-electron chi connectivity index (χ2n) is 8.11. The Morgan fingerprint density at radius 2 is 1.59 bits per heavy atom. The summed E-state index contributed by atoms with van der Waals surface area (Å²) in [7, 11) is -3.98. The lowest BCUT2D eigenvalue weighted by Gasteiger charge is -2.30. The van der Waals surface area contributed by atoms with Crippen LogP contribution in [0, 0.1) is 5.92 Å². The molecule has 2 rings (SSSR count). The molecule has 0 saturated heterocycles. The van der Waals surface area contributed by atoms with Gasteiger partial charge in [-0.05, 0) is 37.0 Å². The van der Waals surface area contributed by atoms with Crippen molar-refractivity contribution >= 4 is 21.9 Å². The summed E-state index contributed by atoms with van der Waals surface area (Å²) in [5, 5.41) is 22.4. The summed E-state index contributed by atoms with van der Waals surface area (Å²) in [5.41, 5.74) is 1.20. The molecule has 0 aromatic heterocycles. The number of amides is 1. The van der Waals surface area contributed by atoms with Crippen LogP contribution in [0.15, 0.2) is 59.5 Å². The molecule has 0 saturated carbocycles. The number of carbonyl (C=O) groups excluding carboxylic acids is 1. The number of rotatable bonds is 11. The molecule has 0 bridgehead atoms. The van der Waals surface area contributed by atoms with E-state index in [4.69, 9.17) is 0 Å². The summed E-state index contributed by atoms with van der Waals surface area (Å²) in [6.07, 6.45) is -2.38. The SMILES string of the molecule is CC(=O)c1ccc(S(=O)(=O)N(CC(C)C)C[C@@H](O)[C@H](Cc2ccccc2)NC(=O)O)cc1. The largest absolute Gasteiger partial charge is 0.465 e. The van der Waals surface area contributed by atoms with E-state index in [0.29, 0.717) is 5.56 Å². The molecule has 9 heteroatoms. The summed E-state index contributed by atoms with van der Waals surface area (Å²) < 4.78 is 27.7. The Morgan fingerprint density at radius 3 is 2.09 bits per heavy atom. The Labute approximate surface area is 188 Å². The molecule has 0 aliphatic carbocycles. The number of carbonyl (C=O) groups is 2. The molecule has 2 atom stereocenters. The molecule has 2 aromatic rings. The van der Waals surface area contributed by atoms with E-state index in [1.54, 1.807) is 12.1 Å². The van der Waals surface area contributed by atoms with Gasteiger partial charge in [-0.15, -0.1) is 0 Å². The number of nitrogens with one attached hydrogen (secondary N) is 1. The van der Waals surface area contributed by atoms with Crippen molar-refractivity contribution in [1.82, 2.24) is 9.62 Å². The summed E-state index contributed by atoms with van der Waals surface area (Å²) in [6.45, 7) is 4.95.